The Morgan fingerprint density at radius 2 is 1.79 bits per heavy atom. The zero-order chi connectivity index (χ0) is 11.0. The average molecular weight is 198 g/mol. The average Bonchev–Trinajstić information content (AvgIpc) is 2.85. The van der Waals surface area contributed by atoms with Crippen LogP contribution in [-0.4, -0.2) is 11.6 Å². The molecule has 1 rings (SSSR count). The van der Waals surface area contributed by atoms with Crippen LogP contribution in [0.3, 0.4) is 0 Å². The van der Waals surface area contributed by atoms with E-state index in [1.54, 1.807) is 0 Å². The Kier molecular flexibility index (Phi) is 2.93. The van der Waals surface area contributed by atoms with Gasteiger partial charge in [0, 0.05) is 5.41 Å². The van der Waals surface area contributed by atoms with Crippen LogP contribution in [0.15, 0.2) is 0 Å². The maximum atomic E-state index is 11.6. The molecule has 82 valence electrons. The largest absolute Gasteiger partial charge is 0.459 e. The summed E-state index contributed by atoms with van der Waals surface area (Å²) in [6, 6.07) is 0. The lowest BCUT2D eigenvalue weighted by atomic mass is 9.75. The predicted octanol–water partition coefficient (Wildman–Crippen LogP) is 3.15. The Morgan fingerprint density at radius 3 is 2.14 bits per heavy atom. The molecule has 0 radical (unpaired) electrons. The van der Waals surface area contributed by atoms with E-state index in [1.807, 2.05) is 13.8 Å². The van der Waals surface area contributed by atoms with Gasteiger partial charge < -0.3 is 4.74 Å². The van der Waals surface area contributed by atoms with Crippen molar-refractivity contribution in [1.29, 1.82) is 0 Å². The van der Waals surface area contributed by atoms with Crippen LogP contribution in [-0.2, 0) is 9.53 Å². The molecule has 0 aromatic heterocycles. The Labute approximate surface area is 87.0 Å². The summed E-state index contributed by atoms with van der Waals surface area (Å²) in [7, 11) is 0. The van der Waals surface area contributed by atoms with Crippen LogP contribution >= 0.6 is 0 Å². The highest BCUT2D eigenvalue weighted by atomic mass is 16.6. The molecule has 1 fully saturated rings. The van der Waals surface area contributed by atoms with Crippen molar-refractivity contribution < 1.29 is 9.53 Å². The second-order valence-corrected chi connectivity index (χ2v) is 5.44. The fourth-order valence-electron chi connectivity index (χ4n) is 1.22. The number of carbonyl (C=O) groups excluding carboxylic acids is 1. The van der Waals surface area contributed by atoms with Crippen molar-refractivity contribution in [3.8, 4) is 0 Å². The molecule has 1 aliphatic carbocycles. The minimum absolute atomic E-state index is 0.00322. The van der Waals surface area contributed by atoms with Gasteiger partial charge in [-0.05, 0) is 33.1 Å². The standard InChI is InChI=1S/C12H22O2/c1-6-11(2,3)12(4,5)14-10(13)9-7-8-9/h9H,6-8H2,1-5H3. The first-order valence-electron chi connectivity index (χ1n) is 5.53. The molecule has 0 N–H and O–H groups in total. The first-order valence-corrected chi connectivity index (χ1v) is 5.53. The zero-order valence-electron chi connectivity index (χ0n) is 10.0. The highest BCUT2D eigenvalue weighted by molar-refractivity contribution is 5.75. The molecule has 0 bridgehead atoms. The lowest BCUT2D eigenvalue weighted by Crippen LogP contribution is -2.43. The van der Waals surface area contributed by atoms with E-state index in [1.165, 1.54) is 0 Å². The molecule has 14 heavy (non-hydrogen) atoms. The van der Waals surface area contributed by atoms with E-state index in [0.717, 1.165) is 19.3 Å². The molecule has 0 aromatic carbocycles. The van der Waals surface area contributed by atoms with Gasteiger partial charge in [-0.25, -0.2) is 0 Å². The summed E-state index contributed by atoms with van der Waals surface area (Å²) in [5.41, 5.74) is -0.320. The van der Waals surface area contributed by atoms with Gasteiger partial charge in [0.1, 0.15) is 5.60 Å². The van der Waals surface area contributed by atoms with Gasteiger partial charge in [-0.15, -0.1) is 0 Å². The molecule has 0 saturated heterocycles. The van der Waals surface area contributed by atoms with Crippen molar-refractivity contribution in [3.05, 3.63) is 0 Å². The Hall–Kier alpha value is -0.530. The second kappa shape index (κ2) is 3.56. The fraction of sp³-hybridized carbons (Fsp3) is 0.917. The van der Waals surface area contributed by atoms with Crippen molar-refractivity contribution in [2.45, 2.75) is 59.5 Å². The maximum Gasteiger partial charge on any atom is 0.309 e. The van der Waals surface area contributed by atoms with E-state index < -0.39 is 0 Å². The molecule has 2 heteroatoms. The van der Waals surface area contributed by atoms with E-state index in [2.05, 4.69) is 20.8 Å². The quantitative estimate of drug-likeness (QED) is 0.649. The van der Waals surface area contributed by atoms with E-state index in [4.69, 9.17) is 4.74 Å². The van der Waals surface area contributed by atoms with E-state index in [-0.39, 0.29) is 22.9 Å². The summed E-state index contributed by atoms with van der Waals surface area (Å²) in [6.45, 7) is 10.4. The molecule has 0 amide bonds. The smallest absolute Gasteiger partial charge is 0.309 e. The molecule has 2 nitrogen and oxygen atoms in total. The molecular formula is C12H22O2. The normalized spacial score (nSPS) is 18.1. The van der Waals surface area contributed by atoms with Gasteiger partial charge >= 0.3 is 5.97 Å². The van der Waals surface area contributed by atoms with Gasteiger partial charge in [0.2, 0.25) is 0 Å². The molecule has 0 spiro atoms. The molecule has 0 aromatic rings. The highest BCUT2D eigenvalue weighted by Crippen LogP contribution is 2.39. The topological polar surface area (TPSA) is 26.3 Å². The fourth-order valence-corrected chi connectivity index (χ4v) is 1.22. The van der Waals surface area contributed by atoms with Gasteiger partial charge in [0.05, 0.1) is 5.92 Å². The van der Waals surface area contributed by atoms with Crippen molar-refractivity contribution >= 4 is 5.97 Å². The summed E-state index contributed by atoms with van der Waals surface area (Å²) in [4.78, 5) is 11.6. The van der Waals surface area contributed by atoms with Crippen LogP contribution in [0.2, 0.25) is 0 Å². The van der Waals surface area contributed by atoms with Crippen molar-refractivity contribution in [2.24, 2.45) is 11.3 Å². The van der Waals surface area contributed by atoms with Crippen molar-refractivity contribution in [2.75, 3.05) is 0 Å². The minimum atomic E-state index is -0.360. The predicted molar refractivity (Wildman–Crippen MR) is 57.0 cm³/mol. The SMILES string of the molecule is CCC(C)(C)C(C)(C)OC(=O)C1CC1. The number of hydrogen-bond donors (Lipinski definition) is 0. The second-order valence-electron chi connectivity index (χ2n) is 5.44. The third kappa shape index (κ3) is 2.28. The molecule has 0 aliphatic heterocycles. The first-order chi connectivity index (χ1) is 6.30. The van der Waals surface area contributed by atoms with Crippen LogP contribution in [0.4, 0.5) is 0 Å². The number of rotatable bonds is 4. The molecule has 0 atom stereocenters. The number of carbonyl (C=O) groups is 1. The summed E-state index contributed by atoms with van der Waals surface area (Å²) >= 11 is 0. The third-order valence-electron chi connectivity index (χ3n) is 3.78. The van der Waals surface area contributed by atoms with Gasteiger partial charge in [0.15, 0.2) is 0 Å². The van der Waals surface area contributed by atoms with Crippen LogP contribution in [0.5, 0.6) is 0 Å². The van der Waals surface area contributed by atoms with Gasteiger partial charge in [0.25, 0.3) is 0 Å². The highest BCUT2D eigenvalue weighted by Gasteiger charge is 2.42. The molecule has 1 aliphatic rings. The minimum Gasteiger partial charge on any atom is -0.459 e. The van der Waals surface area contributed by atoms with E-state index >= 15 is 0 Å². The van der Waals surface area contributed by atoms with Crippen LogP contribution in [0.25, 0.3) is 0 Å². The number of ether oxygens (including phenoxy) is 1. The molecular weight excluding hydrogens is 176 g/mol. The van der Waals surface area contributed by atoms with Crippen LogP contribution in [0.1, 0.15) is 53.9 Å². The molecule has 0 heterocycles. The summed E-state index contributed by atoms with van der Waals surface area (Å²) in [5.74, 6) is 0.193. The van der Waals surface area contributed by atoms with Gasteiger partial charge in [-0.1, -0.05) is 20.8 Å². The Balaban J connectivity index is 2.59. The van der Waals surface area contributed by atoms with E-state index in [9.17, 15) is 4.79 Å². The zero-order valence-corrected chi connectivity index (χ0v) is 10.0. The Morgan fingerprint density at radius 1 is 1.29 bits per heavy atom. The maximum absolute atomic E-state index is 11.6. The lowest BCUT2D eigenvalue weighted by Gasteiger charge is -2.40. The monoisotopic (exact) mass is 198 g/mol. The third-order valence-corrected chi connectivity index (χ3v) is 3.78. The van der Waals surface area contributed by atoms with Gasteiger partial charge in [-0.3, -0.25) is 4.79 Å². The Bertz CT molecular complexity index is 224. The summed E-state index contributed by atoms with van der Waals surface area (Å²) in [5, 5.41) is 0. The van der Waals surface area contributed by atoms with Crippen LogP contribution in [0, 0.1) is 11.3 Å². The van der Waals surface area contributed by atoms with Crippen LogP contribution < -0.4 is 0 Å². The van der Waals surface area contributed by atoms with Gasteiger partial charge in [-0.2, -0.15) is 0 Å². The van der Waals surface area contributed by atoms with Crippen molar-refractivity contribution in [3.63, 3.8) is 0 Å². The number of esters is 1. The number of hydrogen-bond acceptors (Lipinski definition) is 2. The molecule has 1 saturated carbocycles. The van der Waals surface area contributed by atoms with Crippen molar-refractivity contribution in [1.82, 2.24) is 0 Å². The van der Waals surface area contributed by atoms with E-state index in [0.29, 0.717) is 0 Å². The molecule has 0 unspecified atom stereocenters. The first kappa shape index (κ1) is 11.5. The lowest BCUT2D eigenvalue weighted by molar-refractivity contribution is -0.170. The summed E-state index contributed by atoms with van der Waals surface area (Å²) < 4.78 is 5.58. The summed E-state index contributed by atoms with van der Waals surface area (Å²) in [6.07, 6.45) is 3.04.